The summed E-state index contributed by atoms with van der Waals surface area (Å²) in [5, 5.41) is 0. The molecule has 0 aliphatic heterocycles. The largest absolute Gasteiger partial charge is 1.00 e. The third kappa shape index (κ3) is 16.4. The van der Waals surface area contributed by atoms with Crippen LogP contribution in [0.2, 0.25) is 0 Å². The third-order valence-electron chi connectivity index (χ3n) is 4.80. The van der Waals surface area contributed by atoms with Gasteiger partial charge in [0.2, 0.25) is 0 Å². The van der Waals surface area contributed by atoms with Gasteiger partial charge in [-0.25, -0.2) is 0 Å². The van der Waals surface area contributed by atoms with Crippen LogP contribution in [0, 0.1) is 0 Å². The molecule has 0 atom stereocenters. The molecule has 0 aliphatic rings. The van der Waals surface area contributed by atoms with Crippen molar-refractivity contribution in [2.45, 2.75) is 0 Å². The van der Waals surface area contributed by atoms with E-state index in [4.69, 9.17) is 0 Å². The Kier molecular flexibility index (Phi) is 20.3. The molecule has 0 amide bonds. The summed E-state index contributed by atoms with van der Waals surface area (Å²) in [7, 11) is 19.4. The first kappa shape index (κ1) is 40.9. The summed E-state index contributed by atoms with van der Waals surface area (Å²) < 4.78 is 6.01. The van der Waals surface area contributed by atoms with Crippen molar-refractivity contribution in [1.29, 1.82) is 0 Å². The molecule has 0 fully saturated rings. The molecule has 204 valence electrons. The Labute approximate surface area is 276 Å². The van der Waals surface area contributed by atoms with E-state index in [1.807, 2.05) is 0 Å². The minimum absolute atomic E-state index is 0. The van der Waals surface area contributed by atoms with Gasteiger partial charge in [-0.2, -0.15) is 0 Å². The van der Waals surface area contributed by atoms with E-state index in [1.54, 1.807) is 0 Å². The molecule has 3 rings (SSSR count). The molecule has 0 saturated heterocycles. The van der Waals surface area contributed by atoms with E-state index in [9.17, 15) is 0 Å². The predicted octanol–water partition coefficient (Wildman–Crippen LogP) is -1.05. The highest BCUT2D eigenvalue weighted by Gasteiger charge is 2.11. The van der Waals surface area contributed by atoms with Crippen molar-refractivity contribution in [1.82, 2.24) is 13.4 Å². The van der Waals surface area contributed by atoms with Crippen LogP contribution >= 0.6 is 47.8 Å². The summed E-state index contributed by atoms with van der Waals surface area (Å²) in [6.07, 6.45) is 0. The standard InChI is InChI=1S/3C9H13BrN.3BrH/c3*1-11(2,3)9-6-4-8(10)5-7-9;;;/h3*4-7H,1-3H3;3*1H/q3*+1;;;/p-3. The zero-order valence-electron chi connectivity index (χ0n) is 22.5. The van der Waals surface area contributed by atoms with Gasteiger partial charge in [-0.05, 0) is 36.4 Å². The minimum atomic E-state index is 0. The maximum Gasteiger partial charge on any atom is 0.132 e. The van der Waals surface area contributed by atoms with Crippen LogP contribution in [0.25, 0.3) is 0 Å². The fraction of sp³-hybridized carbons (Fsp3) is 0.333. The second-order valence-electron chi connectivity index (χ2n) is 10.5. The van der Waals surface area contributed by atoms with Crippen LogP contribution in [-0.2, 0) is 0 Å². The fourth-order valence-corrected chi connectivity index (χ4v) is 3.46. The summed E-state index contributed by atoms with van der Waals surface area (Å²) in [4.78, 5) is 0. The van der Waals surface area contributed by atoms with Crippen molar-refractivity contribution >= 4 is 64.9 Å². The van der Waals surface area contributed by atoms with Crippen molar-refractivity contribution in [3.8, 4) is 0 Å². The molecule has 9 heteroatoms. The van der Waals surface area contributed by atoms with Crippen LogP contribution in [0.15, 0.2) is 86.2 Å². The van der Waals surface area contributed by atoms with E-state index in [2.05, 4.69) is 184 Å². The topological polar surface area (TPSA) is 0 Å². The van der Waals surface area contributed by atoms with Crippen LogP contribution in [-0.4, -0.2) is 63.4 Å². The third-order valence-corrected chi connectivity index (χ3v) is 6.39. The van der Waals surface area contributed by atoms with Gasteiger partial charge in [0.15, 0.2) is 0 Å². The smallest absolute Gasteiger partial charge is 0.132 e. The second kappa shape index (κ2) is 17.9. The van der Waals surface area contributed by atoms with Gasteiger partial charge in [0.25, 0.3) is 0 Å². The lowest BCUT2D eigenvalue weighted by Gasteiger charge is -2.23. The Hall–Kier alpha value is 0.420. The molecule has 0 radical (unpaired) electrons. The lowest BCUT2D eigenvalue weighted by Crippen LogP contribution is -3.00. The molecule has 0 heterocycles. The monoisotopic (exact) mass is 879 g/mol. The second-order valence-corrected chi connectivity index (χ2v) is 13.2. The minimum Gasteiger partial charge on any atom is -1.00 e. The first-order chi connectivity index (χ1) is 15.0. The number of hydrogen-bond acceptors (Lipinski definition) is 0. The molecule has 0 saturated carbocycles. The number of quaternary nitrogens is 3. The van der Waals surface area contributed by atoms with Gasteiger partial charge < -0.3 is 50.9 Å². The summed E-state index contributed by atoms with van der Waals surface area (Å²) in [6.45, 7) is 0. The Morgan fingerprint density at radius 3 is 0.583 bits per heavy atom. The average Bonchev–Trinajstić information content (AvgIpc) is 2.68. The average molecular weight is 885 g/mol. The van der Waals surface area contributed by atoms with Crippen molar-refractivity contribution in [2.75, 3.05) is 63.4 Å². The maximum absolute atomic E-state index is 3.41. The van der Waals surface area contributed by atoms with E-state index in [0.717, 1.165) is 26.9 Å². The lowest BCUT2D eigenvalue weighted by molar-refractivity contribution is -0.00100. The SMILES string of the molecule is C[N+](C)(C)c1ccc(Br)cc1.C[N+](C)(C)c1ccc(Br)cc1.C[N+](C)(C)c1ccc(Br)cc1.[Br-].[Br-].[Br-]. The molecule has 0 bridgehead atoms. The highest BCUT2D eigenvalue weighted by molar-refractivity contribution is 9.11. The first-order valence-corrected chi connectivity index (χ1v) is 13.1. The molecular weight excluding hydrogens is 846 g/mol. The number of benzene rings is 3. The summed E-state index contributed by atoms with van der Waals surface area (Å²) in [6, 6.07) is 25.2. The quantitative estimate of drug-likeness (QED) is 0.295. The normalized spacial score (nSPS) is 10.7. The molecule has 0 aromatic heterocycles. The molecule has 3 aromatic rings. The number of rotatable bonds is 3. The van der Waals surface area contributed by atoms with Crippen molar-refractivity contribution in [2.24, 2.45) is 0 Å². The number of nitrogens with zero attached hydrogens (tertiary/aromatic N) is 3. The first-order valence-electron chi connectivity index (χ1n) is 10.7. The van der Waals surface area contributed by atoms with Crippen LogP contribution < -0.4 is 64.4 Å². The molecule has 0 aliphatic carbocycles. The Morgan fingerprint density at radius 2 is 0.472 bits per heavy atom. The van der Waals surface area contributed by atoms with Crippen molar-refractivity contribution in [3.05, 3.63) is 86.2 Å². The predicted molar refractivity (Wildman–Crippen MR) is 161 cm³/mol. The van der Waals surface area contributed by atoms with Crippen LogP contribution in [0.3, 0.4) is 0 Å². The molecule has 36 heavy (non-hydrogen) atoms. The molecule has 3 aromatic carbocycles. The highest BCUT2D eigenvalue weighted by atomic mass is 79.9. The van der Waals surface area contributed by atoms with Gasteiger partial charge in [0.05, 0.1) is 63.4 Å². The maximum atomic E-state index is 3.41. The zero-order valence-corrected chi connectivity index (χ0v) is 32.1. The van der Waals surface area contributed by atoms with Crippen LogP contribution in [0.5, 0.6) is 0 Å². The summed E-state index contributed by atoms with van der Waals surface area (Å²) in [5.74, 6) is 0. The van der Waals surface area contributed by atoms with Crippen molar-refractivity contribution in [3.63, 3.8) is 0 Å². The van der Waals surface area contributed by atoms with Gasteiger partial charge in [0, 0.05) is 49.8 Å². The zero-order chi connectivity index (χ0) is 25.4. The van der Waals surface area contributed by atoms with E-state index >= 15 is 0 Å². The van der Waals surface area contributed by atoms with Gasteiger partial charge >= 0.3 is 0 Å². The van der Waals surface area contributed by atoms with Gasteiger partial charge in [-0.3, -0.25) is 13.4 Å². The Morgan fingerprint density at radius 1 is 0.333 bits per heavy atom. The van der Waals surface area contributed by atoms with E-state index in [1.165, 1.54) is 17.1 Å². The van der Waals surface area contributed by atoms with E-state index < -0.39 is 0 Å². The van der Waals surface area contributed by atoms with E-state index in [0.29, 0.717) is 0 Å². The highest BCUT2D eigenvalue weighted by Crippen LogP contribution is 2.21. The number of hydrogen-bond donors (Lipinski definition) is 0. The Bertz CT molecular complexity index is 839. The van der Waals surface area contributed by atoms with Crippen molar-refractivity contribution < 1.29 is 50.9 Å². The van der Waals surface area contributed by atoms with Crippen LogP contribution in [0.4, 0.5) is 17.1 Å². The molecule has 0 N–H and O–H groups in total. The van der Waals surface area contributed by atoms with Crippen LogP contribution in [0.1, 0.15) is 0 Å². The van der Waals surface area contributed by atoms with Gasteiger partial charge in [0.1, 0.15) is 17.1 Å². The number of halogens is 6. The molecule has 0 unspecified atom stereocenters. The van der Waals surface area contributed by atoms with Gasteiger partial charge in [-0.1, -0.05) is 47.8 Å². The Balaban J connectivity index is -0.000000436. The lowest BCUT2D eigenvalue weighted by atomic mass is 10.3. The summed E-state index contributed by atoms with van der Waals surface area (Å²) >= 11 is 10.2. The van der Waals surface area contributed by atoms with Gasteiger partial charge in [-0.15, -0.1) is 0 Å². The van der Waals surface area contributed by atoms with E-state index in [-0.39, 0.29) is 50.9 Å². The summed E-state index contributed by atoms with van der Waals surface area (Å²) in [5.41, 5.74) is 3.94. The fourth-order valence-electron chi connectivity index (χ4n) is 2.66. The molecular formula is C27H39Br6N3. The molecule has 3 nitrogen and oxygen atoms in total. The molecule has 0 spiro atoms.